The average molecular weight is 377 g/mol. The van der Waals surface area contributed by atoms with Crippen LogP contribution in [0.4, 0.5) is 0 Å². The number of hydrogen-bond donors (Lipinski definition) is 0. The van der Waals surface area contributed by atoms with E-state index in [1.165, 1.54) is 10.8 Å². The molecule has 0 radical (unpaired) electrons. The van der Waals surface area contributed by atoms with Crippen molar-refractivity contribution in [3.05, 3.63) is 40.8 Å². The van der Waals surface area contributed by atoms with Crippen LogP contribution in [-0.2, 0) is 21.2 Å². The van der Waals surface area contributed by atoms with Gasteiger partial charge < -0.3 is 4.90 Å². The van der Waals surface area contributed by atoms with Crippen LogP contribution in [0.2, 0.25) is 0 Å². The van der Waals surface area contributed by atoms with Crippen LogP contribution in [-0.4, -0.2) is 52.4 Å². The molecule has 0 aliphatic carbocycles. The van der Waals surface area contributed by atoms with Gasteiger partial charge in [-0.2, -0.15) is 0 Å². The molecule has 1 aliphatic heterocycles. The van der Waals surface area contributed by atoms with Crippen LogP contribution in [0.15, 0.2) is 35.3 Å². The monoisotopic (exact) mass is 377 g/mol. The number of carbonyl (C=O) groups is 1. The van der Waals surface area contributed by atoms with Gasteiger partial charge in [0.25, 0.3) is 5.56 Å². The van der Waals surface area contributed by atoms with Crippen molar-refractivity contribution >= 4 is 26.8 Å². The van der Waals surface area contributed by atoms with E-state index in [4.69, 9.17) is 0 Å². The summed E-state index contributed by atoms with van der Waals surface area (Å²) < 4.78 is 25.1. The summed E-state index contributed by atoms with van der Waals surface area (Å²) in [6.07, 6.45) is 2.38. The van der Waals surface area contributed by atoms with Gasteiger partial charge in [0.15, 0.2) is 9.84 Å². The predicted octanol–water partition coefficient (Wildman–Crippen LogP) is 1.21. The summed E-state index contributed by atoms with van der Waals surface area (Å²) in [5.41, 5.74) is 0.884. The molecule has 0 spiro atoms. The molecular formula is C18H23N3O4S. The molecule has 1 aromatic carbocycles. The number of hydrogen-bond acceptors (Lipinski definition) is 5. The van der Waals surface area contributed by atoms with Crippen LogP contribution in [0.3, 0.4) is 0 Å². The van der Waals surface area contributed by atoms with Crippen LogP contribution < -0.4 is 5.56 Å². The van der Waals surface area contributed by atoms with E-state index in [0.717, 1.165) is 0 Å². The summed E-state index contributed by atoms with van der Waals surface area (Å²) in [5.74, 6) is -0.134. The van der Waals surface area contributed by atoms with Crippen LogP contribution >= 0.6 is 0 Å². The van der Waals surface area contributed by atoms with E-state index in [9.17, 15) is 18.0 Å². The molecule has 26 heavy (non-hydrogen) atoms. The lowest BCUT2D eigenvalue weighted by atomic mass is 10.1. The second-order valence-corrected chi connectivity index (χ2v) is 9.02. The number of benzene rings is 1. The number of rotatable bonds is 5. The molecule has 0 bridgehead atoms. The Morgan fingerprint density at radius 1 is 1.38 bits per heavy atom. The Morgan fingerprint density at radius 2 is 2.12 bits per heavy atom. The lowest BCUT2D eigenvalue weighted by Gasteiger charge is -2.34. The van der Waals surface area contributed by atoms with E-state index in [-0.39, 0.29) is 41.6 Å². The fourth-order valence-corrected chi connectivity index (χ4v) is 5.21. The maximum Gasteiger partial charge on any atom is 0.269 e. The van der Waals surface area contributed by atoms with Crippen molar-refractivity contribution in [2.45, 2.75) is 45.3 Å². The van der Waals surface area contributed by atoms with Gasteiger partial charge >= 0.3 is 0 Å². The van der Waals surface area contributed by atoms with Gasteiger partial charge in [0.1, 0.15) is 6.54 Å². The molecule has 0 unspecified atom stereocenters. The van der Waals surface area contributed by atoms with Gasteiger partial charge in [0.05, 0.1) is 28.7 Å². The van der Waals surface area contributed by atoms with Crippen LogP contribution in [0.5, 0.6) is 0 Å². The van der Waals surface area contributed by atoms with Crippen molar-refractivity contribution in [1.29, 1.82) is 0 Å². The van der Waals surface area contributed by atoms with E-state index in [0.29, 0.717) is 23.9 Å². The molecule has 1 saturated heterocycles. The number of fused-ring (bicyclic) bond motifs is 1. The molecule has 1 amide bonds. The van der Waals surface area contributed by atoms with E-state index in [2.05, 4.69) is 4.98 Å². The highest BCUT2D eigenvalue weighted by Gasteiger charge is 2.36. The normalized spacial score (nSPS) is 20.2. The number of aromatic nitrogens is 2. The number of para-hydroxylation sites is 2. The Bertz CT molecular complexity index is 983. The molecule has 1 aromatic heterocycles. The van der Waals surface area contributed by atoms with Gasteiger partial charge in [-0.25, -0.2) is 13.4 Å². The van der Waals surface area contributed by atoms with Crippen molar-refractivity contribution in [2.75, 3.05) is 11.5 Å². The predicted molar refractivity (Wildman–Crippen MR) is 99.7 cm³/mol. The minimum atomic E-state index is -3.10. The quantitative estimate of drug-likeness (QED) is 0.781. The maximum atomic E-state index is 13.1. The fraction of sp³-hybridized carbons (Fsp3) is 0.500. The Balaban J connectivity index is 1.94. The Hall–Kier alpha value is -2.22. The van der Waals surface area contributed by atoms with Crippen LogP contribution in [0.25, 0.3) is 11.0 Å². The van der Waals surface area contributed by atoms with Crippen molar-refractivity contribution in [3.63, 3.8) is 0 Å². The minimum absolute atomic E-state index is 0.00489. The maximum absolute atomic E-state index is 13.1. The van der Waals surface area contributed by atoms with Gasteiger partial charge in [0, 0.05) is 12.1 Å². The molecule has 0 N–H and O–H groups in total. The second kappa shape index (κ2) is 7.19. The zero-order chi connectivity index (χ0) is 18.9. The molecule has 3 rings (SSSR count). The summed E-state index contributed by atoms with van der Waals surface area (Å²) in [5, 5.41) is 0. The van der Waals surface area contributed by atoms with Gasteiger partial charge in [-0.15, -0.1) is 0 Å². The first-order chi connectivity index (χ1) is 12.3. The van der Waals surface area contributed by atoms with Crippen LogP contribution in [0, 0.1) is 0 Å². The third kappa shape index (κ3) is 3.65. The average Bonchev–Trinajstić information content (AvgIpc) is 2.96. The summed E-state index contributed by atoms with van der Waals surface area (Å²) in [6, 6.07) is 6.73. The highest BCUT2D eigenvalue weighted by Crippen LogP contribution is 2.22. The Kier molecular flexibility index (Phi) is 5.13. The Morgan fingerprint density at radius 3 is 2.77 bits per heavy atom. The third-order valence-corrected chi connectivity index (χ3v) is 6.75. The first-order valence-electron chi connectivity index (χ1n) is 8.78. The third-order valence-electron chi connectivity index (χ3n) is 5.00. The Labute approximate surface area is 152 Å². The number of nitrogens with zero attached hydrogens (tertiary/aromatic N) is 3. The summed E-state index contributed by atoms with van der Waals surface area (Å²) in [6.45, 7) is 3.75. The van der Waals surface area contributed by atoms with E-state index >= 15 is 0 Å². The van der Waals surface area contributed by atoms with Gasteiger partial charge in [-0.05, 0) is 31.9 Å². The zero-order valence-electron chi connectivity index (χ0n) is 15.0. The first-order valence-corrected chi connectivity index (χ1v) is 10.6. The lowest BCUT2D eigenvalue weighted by molar-refractivity contribution is -0.136. The molecule has 1 fully saturated rings. The summed E-state index contributed by atoms with van der Waals surface area (Å²) in [7, 11) is -3.10. The van der Waals surface area contributed by atoms with Crippen molar-refractivity contribution in [2.24, 2.45) is 0 Å². The van der Waals surface area contributed by atoms with E-state index in [1.807, 2.05) is 19.9 Å². The molecule has 2 atom stereocenters. The number of carbonyl (C=O) groups excluding carboxylic acids is 1. The largest absolute Gasteiger partial charge is 0.334 e. The highest BCUT2D eigenvalue weighted by molar-refractivity contribution is 7.91. The first kappa shape index (κ1) is 18.6. The molecule has 140 valence electrons. The van der Waals surface area contributed by atoms with Crippen LogP contribution in [0.1, 0.15) is 26.7 Å². The topological polar surface area (TPSA) is 89.3 Å². The zero-order valence-corrected chi connectivity index (χ0v) is 15.8. The molecule has 8 heteroatoms. The number of sulfone groups is 1. The molecule has 2 aromatic rings. The standard InChI is InChI=1S/C18H23N3O4S/c1-3-13(2)21(14-8-9-26(24,25)12-14)18(23)11-20-16-7-5-4-6-15(16)19-10-17(20)22/h4-7,10,13-14H,3,8-9,11-12H2,1-2H3/t13-,14-/m0/s1. The van der Waals surface area contributed by atoms with Crippen molar-refractivity contribution in [1.82, 2.24) is 14.5 Å². The van der Waals surface area contributed by atoms with Crippen molar-refractivity contribution in [3.8, 4) is 0 Å². The van der Waals surface area contributed by atoms with Gasteiger partial charge in [-0.1, -0.05) is 19.1 Å². The van der Waals surface area contributed by atoms with Gasteiger partial charge in [-0.3, -0.25) is 14.2 Å². The molecular weight excluding hydrogens is 354 g/mol. The lowest BCUT2D eigenvalue weighted by Crippen LogP contribution is -2.48. The van der Waals surface area contributed by atoms with E-state index < -0.39 is 9.84 Å². The molecule has 0 saturated carbocycles. The summed E-state index contributed by atoms with van der Waals surface area (Å²) in [4.78, 5) is 31.1. The van der Waals surface area contributed by atoms with E-state index in [1.54, 1.807) is 23.1 Å². The highest BCUT2D eigenvalue weighted by atomic mass is 32.2. The van der Waals surface area contributed by atoms with Crippen molar-refractivity contribution < 1.29 is 13.2 Å². The molecule has 7 nitrogen and oxygen atoms in total. The summed E-state index contributed by atoms with van der Waals surface area (Å²) >= 11 is 0. The van der Waals surface area contributed by atoms with Gasteiger partial charge in [0.2, 0.25) is 5.91 Å². The molecule has 1 aliphatic rings. The fourth-order valence-electron chi connectivity index (χ4n) is 3.50. The second-order valence-electron chi connectivity index (χ2n) is 6.79. The smallest absolute Gasteiger partial charge is 0.269 e. The SMILES string of the molecule is CC[C@H](C)N(C(=O)Cn1c(=O)cnc2ccccc21)[C@H]1CCS(=O)(=O)C1. The number of amides is 1. The molecule has 2 heterocycles. The minimum Gasteiger partial charge on any atom is -0.334 e.